The standard InChI is InChI=1S/C19H14ClN3OS3/c20-16-4-2-1-3-12(16)7-15-9-21-19(27-15)23-17(24)8-14-11-26-18(22-14)13-5-6-25-10-13/h1-6,9-11H,7-8H2,(H,21,23,24). The van der Waals surface area contributed by atoms with Crippen LogP contribution in [0.25, 0.3) is 10.6 Å². The summed E-state index contributed by atoms with van der Waals surface area (Å²) in [7, 11) is 0. The van der Waals surface area contributed by atoms with E-state index in [2.05, 4.69) is 20.7 Å². The molecule has 8 heteroatoms. The second-order valence-electron chi connectivity index (χ2n) is 5.78. The molecule has 27 heavy (non-hydrogen) atoms. The largest absolute Gasteiger partial charge is 0.302 e. The van der Waals surface area contributed by atoms with Crippen LogP contribution in [0.5, 0.6) is 0 Å². The van der Waals surface area contributed by atoms with Crippen molar-refractivity contribution in [2.75, 3.05) is 5.32 Å². The Morgan fingerprint density at radius 1 is 1.19 bits per heavy atom. The summed E-state index contributed by atoms with van der Waals surface area (Å²) >= 11 is 10.9. The predicted molar refractivity (Wildman–Crippen MR) is 114 cm³/mol. The van der Waals surface area contributed by atoms with E-state index in [1.54, 1.807) is 28.9 Å². The molecule has 0 bridgehead atoms. The van der Waals surface area contributed by atoms with Gasteiger partial charge in [0.05, 0.1) is 12.1 Å². The molecule has 1 N–H and O–H groups in total. The number of thiophene rings is 1. The van der Waals surface area contributed by atoms with Crippen molar-refractivity contribution < 1.29 is 4.79 Å². The van der Waals surface area contributed by atoms with Gasteiger partial charge in [-0.2, -0.15) is 11.3 Å². The Morgan fingerprint density at radius 2 is 2.07 bits per heavy atom. The van der Waals surface area contributed by atoms with Gasteiger partial charge in [-0.25, -0.2) is 9.97 Å². The Balaban J connectivity index is 1.36. The molecule has 3 aromatic heterocycles. The van der Waals surface area contributed by atoms with Crippen LogP contribution in [0.4, 0.5) is 5.13 Å². The van der Waals surface area contributed by atoms with Crippen molar-refractivity contribution in [2.45, 2.75) is 12.8 Å². The summed E-state index contributed by atoms with van der Waals surface area (Å²) < 4.78 is 0. The highest BCUT2D eigenvalue weighted by Gasteiger charge is 2.12. The maximum absolute atomic E-state index is 12.3. The van der Waals surface area contributed by atoms with Gasteiger partial charge in [-0.3, -0.25) is 4.79 Å². The topological polar surface area (TPSA) is 54.9 Å². The molecule has 1 amide bonds. The Bertz CT molecular complexity index is 1060. The number of hydrogen-bond donors (Lipinski definition) is 1. The second kappa shape index (κ2) is 8.31. The molecule has 0 atom stereocenters. The lowest BCUT2D eigenvalue weighted by Gasteiger charge is -2.01. The lowest BCUT2D eigenvalue weighted by Crippen LogP contribution is -2.14. The SMILES string of the molecule is O=C(Cc1csc(-c2ccsc2)n1)Nc1ncc(Cc2ccccc2Cl)s1. The van der Waals surface area contributed by atoms with Crippen molar-refractivity contribution in [1.29, 1.82) is 0 Å². The molecule has 4 nitrogen and oxygen atoms in total. The van der Waals surface area contributed by atoms with Crippen LogP contribution in [-0.2, 0) is 17.6 Å². The molecule has 0 saturated carbocycles. The zero-order chi connectivity index (χ0) is 18.6. The van der Waals surface area contributed by atoms with Crippen LogP contribution in [0.3, 0.4) is 0 Å². The number of carbonyl (C=O) groups excluding carboxylic acids is 1. The summed E-state index contributed by atoms with van der Waals surface area (Å²) in [5.41, 5.74) is 2.91. The van der Waals surface area contributed by atoms with Gasteiger partial charge in [-0.15, -0.1) is 22.7 Å². The quantitative estimate of drug-likeness (QED) is 0.422. The monoisotopic (exact) mass is 431 g/mol. The summed E-state index contributed by atoms with van der Waals surface area (Å²) in [6.07, 6.45) is 2.71. The third kappa shape index (κ3) is 4.62. The second-order valence-corrected chi connectivity index (χ2v) is 8.94. The summed E-state index contributed by atoms with van der Waals surface area (Å²) in [5.74, 6) is -0.115. The number of aromatic nitrogens is 2. The van der Waals surface area contributed by atoms with Crippen LogP contribution in [0.2, 0.25) is 5.02 Å². The van der Waals surface area contributed by atoms with E-state index in [1.807, 2.05) is 41.1 Å². The molecular formula is C19H14ClN3OS3. The minimum atomic E-state index is -0.115. The maximum atomic E-state index is 12.3. The number of amides is 1. The first-order valence-electron chi connectivity index (χ1n) is 8.12. The molecule has 3 heterocycles. The van der Waals surface area contributed by atoms with Gasteiger partial charge in [0, 0.05) is 38.8 Å². The van der Waals surface area contributed by atoms with Gasteiger partial charge in [0.1, 0.15) is 5.01 Å². The fourth-order valence-electron chi connectivity index (χ4n) is 2.51. The van der Waals surface area contributed by atoms with E-state index in [1.165, 1.54) is 11.3 Å². The van der Waals surface area contributed by atoms with Crippen molar-refractivity contribution in [1.82, 2.24) is 9.97 Å². The fourth-order valence-corrected chi connectivity index (χ4v) is 5.10. The average molecular weight is 432 g/mol. The number of halogens is 1. The number of thiazole rings is 2. The van der Waals surface area contributed by atoms with E-state index >= 15 is 0 Å². The minimum Gasteiger partial charge on any atom is -0.302 e. The van der Waals surface area contributed by atoms with E-state index in [-0.39, 0.29) is 12.3 Å². The molecule has 0 saturated heterocycles. The van der Waals surface area contributed by atoms with Crippen molar-refractivity contribution in [3.05, 3.63) is 73.8 Å². The summed E-state index contributed by atoms with van der Waals surface area (Å²) in [6, 6.07) is 9.77. The number of benzene rings is 1. The Labute approximate surface area is 173 Å². The molecule has 4 rings (SSSR count). The van der Waals surface area contributed by atoms with Crippen LogP contribution < -0.4 is 5.32 Å². The zero-order valence-corrected chi connectivity index (χ0v) is 17.2. The molecule has 136 valence electrons. The minimum absolute atomic E-state index is 0.115. The lowest BCUT2D eigenvalue weighted by atomic mass is 10.1. The van der Waals surface area contributed by atoms with E-state index in [9.17, 15) is 4.79 Å². The van der Waals surface area contributed by atoms with E-state index in [4.69, 9.17) is 11.6 Å². The third-order valence-electron chi connectivity index (χ3n) is 3.78. The summed E-state index contributed by atoms with van der Waals surface area (Å²) in [6.45, 7) is 0. The van der Waals surface area contributed by atoms with Crippen molar-refractivity contribution >= 4 is 56.7 Å². The highest BCUT2D eigenvalue weighted by atomic mass is 35.5. The highest BCUT2D eigenvalue weighted by molar-refractivity contribution is 7.15. The Morgan fingerprint density at radius 3 is 2.89 bits per heavy atom. The maximum Gasteiger partial charge on any atom is 0.232 e. The molecule has 0 aliphatic heterocycles. The first-order chi connectivity index (χ1) is 13.2. The number of rotatable bonds is 6. The van der Waals surface area contributed by atoms with Crippen LogP contribution in [0.15, 0.2) is 52.7 Å². The van der Waals surface area contributed by atoms with Gasteiger partial charge in [-0.05, 0) is 23.1 Å². The number of hydrogen-bond acceptors (Lipinski definition) is 6. The normalized spacial score (nSPS) is 10.9. The number of nitrogens with zero attached hydrogens (tertiary/aromatic N) is 2. The van der Waals surface area contributed by atoms with Gasteiger partial charge in [0.25, 0.3) is 0 Å². The van der Waals surface area contributed by atoms with Gasteiger partial charge in [0.15, 0.2) is 5.13 Å². The first kappa shape index (κ1) is 18.3. The summed E-state index contributed by atoms with van der Waals surface area (Å²) in [5, 5.41) is 11.1. The number of nitrogens with one attached hydrogen (secondary N) is 1. The molecule has 0 radical (unpaired) electrons. The average Bonchev–Trinajstić information content (AvgIpc) is 3.39. The van der Waals surface area contributed by atoms with Crippen molar-refractivity contribution in [2.24, 2.45) is 0 Å². The van der Waals surface area contributed by atoms with E-state index in [0.717, 1.165) is 31.7 Å². The van der Waals surface area contributed by atoms with Crippen molar-refractivity contribution in [3.8, 4) is 10.6 Å². The van der Waals surface area contributed by atoms with Crippen LogP contribution >= 0.6 is 45.6 Å². The zero-order valence-electron chi connectivity index (χ0n) is 14.0. The molecule has 0 fully saturated rings. The molecule has 0 spiro atoms. The Kier molecular flexibility index (Phi) is 5.63. The van der Waals surface area contributed by atoms with Crippen molar-refractivity contribution in [3.63, 3.8) is 0 Å². The van der Waals surface area contributed by atoms with Gasteiger partial charge in [-0.1, -0.05) is 29.8 Å². The van der Waals surface area contributed by atoms with Gasteiger partial charge < -0.3 is 5.32 Å². The van der Waals surface area contributed by atoms with Gasteiger partial charge in [0.2, 0.25) is 5.91 Å². The van der Waals surface area contributed by atoms with Crippen LogP contribution in [-0.4, -0.2) is 15.9 Å². The number of carbonyl (C=O) groups is 1. The third-order valence-corrected chi connectivity index (χ3v) is 6.69. The molecule has 1 aromatic carbocycles. The Hall–Kier alpha value is -2.06. The molecule has 4 aromatic rings. The first-order valence-corrected chi connectivity index (χ1v) is 11.1. The number of anilines is 1. The fraction of sp³-hybridized carbons (Fsp3) is 0.105. The van der Waals surface area contributed by atoms with E-state index in [0.29, 0.717) is 11.6 Å². The molecule has 0 unspecified atom stereocenters. The molecular weight excluding hydrogens is 418 g/mol. The van der Waals surface area contributed by atoms with E-state index < -0.39 is 0 Å². The smallest absolute Gasteiger partial charge is 0.232 e. The lowest BCUT2D eigenvalue weighted by molar-refractivity contribution is -0.115. The summed E-state index contributed by atoms with van der Waals surface area (Å²) in [4.78, 5) is 22.2. The van der Waals surface area contributed by atoms with Crippen LogP contribution in [0.1, 0.15) is 16.1 Å². The highest BCUT2D eigenvalue weighted by Crippen LogP contribution is 2.27. The predicted octanol–water partition coefficient (Wildman–Crippen LogP) is 5.75. The molecule has 0 aliphatic carbocycles. The van der Waals surface area contributed by atoms with Gasteiger partial charge >= 0.3 is 0 Å². The van der Waals surface area contributed by atoms with Crippen LogP contribution in [0, 0.1) is 0 Å². The molecule has 0 aliphatic rings.